The Labute approximate surface area is 260 Å². The van der Waals surface area contributed by atoms with Gasteiger partial charge in [0, 0.05) is 25.3 Å². The van der Waals surface area contributed by atoms with Gasteiger partial charge in [-0.05, 0) is 69.8 Å². The number of carbonyl (C=O) groups is 3. The first-order chi connectivity index (χ1) is 20.9. The number of phenolic OH excluding ortho intramolecular Hbond substituents is 1. The number of nitrogens with zero attached hydrogens (tertiary/aromatic N) is 2. The molecule has 0 spiro atoms. The van der Waals surface area contributed by atoms with Crippen LogP contribution in [0.3, 0.4) is 0 Å². The first kappa shape index (κ1) is 31.6. The highest BCUT2D eigenvalue weighted by Crippen LogP contribution is 2.59. The molecule has 1 saturated carbocycles. The number of primary amides is 1. The number of Topliss-reactive ketones (excluding diaryl/α,β-unsaturated/α-hetero) is 2. The van der Waals surface area contributed by atoms with Crippen LogP contribution in [0, 0.1) is 17.3 Å². The summed E-state index contributed by atoms with van der Waals surface area (Å²) < 4.78 is 5.19. The molecule has 0 aromatic heterocycles. The molecule has 12 heteroatoms. The van der Waals surface area contributed by atoms with E-state index >= 15 is 0 Å². The number of methoxy groups -OCH3 is 1. The van der Waals surface area contributed by atoms with E-state index in [0.717, 1.165) is 0 Å². The van der Waals surface area contributed by atoms with Crippen molar-refractivity contribution in [2.45, 2.75) is 36.9 Å². The molecule has 0 aliphatic heterocycles. The third kappa shape index (κ3) is 4.30. The summed E-state index contributed by atoms with van der Waals surface area (Å²) in [5, 5.41) is 34.8. The van der Waals surface area contributed by atoms with Crippen molar-refractivity contribution >= 4 is 28.9 Å². The largest absolute Gasteiger partial charge is 0.510 e. The quantitative estimate of drug-likeness (QED) is 0.210. The van der Waals surface area contributed by atoms with Crippen molar-refractivity contribution in [3.63, 3.8) is 0 Å². The summed E-state index contributed by atoms with van der Waals surface area (Å²) in [5.74, 6) is 1.81. The molecular formula is C33H37N5O7. The van der Waals surface area contributed by atoms with Crippen LogP contribution in [-0.4, -0.2) is 90.1 Å². The molecule has 236 valence electrons. The van der Waals surface area contributed by atoms with Gasteiger partial charge in [-0.1, -0.05) is 11.8 Å². The maximum absolute atomic E-state index is 14.6. The first-order valence-corrected chi connectivity index (χ1v) is 14.2. The number of ketones is 2. The summed E-state index contributed by atoms with van der Waals surface area (Å²) >= 11 is 0. The molecule has 2 aromatic carbocycles. The Bertz CT molecular complexity index is 1800. The Kier molecular flexibility index (Phi) is 7.28. The number of amides is 1. The number of ether oxygens (including phenoxy) is 1. The van der Waals surface area contributed by atoms with Gasteiger partial charge in [-0.3, -0.25) is 19.3 Å². The summed E-state index contributed by atoms with van der Waals surface area (Å²) in [5.41, 5.74) is 14.7. The van der Waals surface area contributed by atoms with E-state index in [9.17, 15) is 29.7 Å². The lowest BCUT2D eigenvalue weighted by atomic mass is 9.47. The molecule has 0 saturated heterocycles. The molecule has 45 heavy (non-hydrogen) atoms. The van der Waals surface area contributed by atoms with Gasteiger partial charge < -0.3 is 42.2 Å². The number of benzene rings is 2. The van der Waals surface area contributed by atoms with Gasteiger partial charge in [0.1, 0.15) is 34.0 Å². The van der Waals surface area contributed by atoms with Gasteiger partial charge in [-0.25, -0.2) is 0 Å². The summed E-state index contributed by atoms with van der Waals surface area (Å²) in [4.78, 5) is 43.8. The van der Waals surface area contributed by atoms with E-state index in [1.54, 1.807) is 70.5 Å². The molecule has 1 fully saturated rings. The Morgan fingerprint density at radius 3 is 2.20 bits per heavy atom. The van der Waals surface area contributed by atoms with Crippen LogP contribution in [0.5, 0.6) is 11.5 Å². The summed E-state index contributed by atoms with van der Waals surface area (Å²) in [6.07, 6.45) is -0.310. The number of nitrogens with two attached hydrogens (primary N) is 3. The van der Waals surface area contributed by atoms with Crippen molar-refractivity contribution < 1.29 is 34.4 Å². The zero-order chi connectivity index (χ0) is 33.4. The fourth-order valence-corrected chi connectivity index (χ4v) is 7.22. The smallest absolute Gasteiger partial charge is 0.255 e. The summed E-state index contributed by atoms with van der Waals surface area (Å²) in [6.45, 7) is 1.31. The van der Waals surface area contributed by atoms with E-state index < -0.39 is 57.1 Å². The average Bonchev–Trinajstić information content (AvgIpc) is 2.94. The highest BCUT2D eigenvalue weighted by atomic mass is 16.5. The molecule has 5 rings (SSSR count). The Balaban J connectivity index is 1.77. The molecule has 2 aromatic rings. The molecule has 0 unspecified atom stereocenters. The number of aliphatic hydroxyl groups is 2. The topological polar surface area (TPSA) is 206 Å². The molecule has 0 heterocycles. The third-order valence-electron chi connectivity index (χ3n) is 9.44. The van der Waals surface area contributed by atoms with Gasteiger partial charge >= 0.3 is 0 Å². The number of hydrogen-bond donors (Lipinski definition) is 6. The number of phenols is 1. The van der Waals surface area contributed by atoms with Gasteiger partial charge in [-0.2, -0.15) is 0 Å². The van der Waals surface area contributed by atoms with Crippen molar-refractivity contribution in [1.29, 1.82) is 0 Å². The lowest BCUT2D eigenvalue weighted by molar-refractivity contribution is -0.142. The van der Waals surface area contributed by atoms with Crippen molar-refractivity contribution in [3.8, 4) is 23.3 Å². The second-order valence-corrected chi connectivity index (χ2v) is 12.6. The van der Waals surface area contributed by atoms with Crippen LogP contribution in [-0.2, 0) is 20.8 Å². The highest BCUT2D eigenvalue weighted by Gasteiger charge is 2.71. The van der Waals surface area contributed by atoms with Gasteiger partial charge in [0.05, 0.1) is 40.9 Å². The minimum atomic E-state index is -2.09. The van der Waals surface area contributed by atoms with Crippen LogP contribution in [0.2, 0.25) is 0 Å². The summed E-state index contributed by atoms with van der Waals surface area (Å²) in [7, 11) is 8.22. The normalized spacial score (nSPS) is 27.4. The van der Waals surface area contributed by atoms with Gasteiger partial charge in [0.25, 0.3) is 5.91 Å². The predicted molar refractivity (Wildman–Crippen MR) is 168 cm³/mol. The van der Waals surface area contributed by atoms with E-state index in [-0.39, 0.29) is 35.3 Å². The Morgan fingerprint density at radius 1 is 1.04 bits per heavy atom. The first-order valence-electron chi connectivity index (χ1n) is 14.2. The van der Waals surface area contributed by atoms with E-state index in [4.69, 9.17) is 21.9 Å². The summed E-state index contributed by atoms with van der Waals surface area (Å²) in [6, 6.07) is 7.41. The SMILES string of the molecule is COc1ccc(C#Cc2cc(N(C)C)c3c(c2O)C(O)=C2C(=O)[C@]4(C)C(O)=C(C(N)=O)C(=O)[C@@H](N(C)C)[C@]4(N)C[C@]2(N)C3)cc1. The van der Waals surface area contributed by atoms with Crippen LogP contribution in [0.4, 0.5) is 5.69 Å². The molecule has 1 amide bonds. The maximum Gasteiger partial charge on any atom is 0.255 e. The minimum Gasteiger partial charge on any atom is -0.510 e. The molecule has 3 aliphatic rings. The monoisotopic (exact) mass is 615 g/mol. The number of aromatic hydroxyl groups is 1. The zero-order valence-electron chi connectivity index (χ0n) is 26.0. The second-order valence-electron chi connectivity index (χ2n) is 12.6. The number of hydrogen-bond acceptors (Lipinski definition) is 11. The van der Waals surface area contributed by atoms with Crippen LogP contribution in [0.1, 0.15) is 35.6 Å². The van der Waals surface area contributed by atoms with Crippen LogP contribution in [0.15, 0.2) is 47.2 Å². The number of fused-ring (bicyclic) bond motifs is 3. The number of carbonyl (C=O) groups excluding carboxylic acids is 3. The highest BCUT2D eigenvalue weighted by molar-refractivity contribution is 6.25. The van der Waals surface area contributed by atoms with Gasteiger partial charge in [-0.15, -0.1) is 0 Å². The van der Waals surface area contributed by atoms with Crippen molar-refractivity contribution in [2.24, 2.45) is 22.6 Å². The molecule has 12 nitrogen and oxygen atoms in total. The van der Waals surface area contributed by atoms with Crippen LogP contribution >= 0.6 is 0 Å². The molecule has 9 N–H and O–H groups in total. The van der Waals surface area contributed by atoms with Crippen molar-refractivity contribution in [1.82, 2.24) is 4.90 Å². The van der Waals surface area contributed by atoms with Crippen LogP contribution in [0.25, 0.3) is 5.76 Å². The van der Waals surface area contributed by atoms with Crippen molar-refractivity contribution in [2.75, 3.05) is 40.2 Å². The minimum absolute atomic E-state index is 0.0348. The zero-order valence-corrected chi connectivity index (χ0v) is 26.0. The van der Waals surface area contributed by atoms with Gasteiger partial charge in [0.15, 0.2) is 11.6 Å². The molecular weight excluding hydrogens is 578 g/mol. The number of likely N-dealkylation sites (N-methyl/N-ethyl adjacent to an activating group) is 1. The average molecular weight is 616 g/mol. The van der Waals surface area contributed by atoms with Gasteiger partial charge in [0.2, 0.25) is 0 Å². The predicted octanol–water partition coefficient (Wildman–Crippen LogP) is 0.876. The number of rotatable bonds is 4. The Morgan fingerprint density at radius 2 is 1.67 bits per heavy atom. The Hall–Kier alpha value is -4.83. The standard InChI is InChI=1S/C33H37N5O7/c1-31-28(42)22(30(34)44)26(41)27(38(4)5)33(31,36)15-32(35)14-19-20(37(2)3)13-17(10-7-16-8-11-18(45-6)12-9-16)24(39)21(19)25(40)23(32)29(31)43/h8-9,11-13,27,39-40,42H,14-15,35-36H2,1-6H3,(H2,34,44)/t27-,31+,32-,33-/m1/s1. The van der Waals surface area contributed by atoms with E-state index in [2.05, 4.69) is 11.8 Å². The fourth-order valence-electron chi connectivity index (χ4n) is 7.22. The molecule has 0 radical (unpaired) electrons. The maximum atomic E-state index is 14.6. The fraction of sp³-hybridized carbons (Fsp3) is 0.364. The number of anilines is 1. The molecule has 4 atom stereocenters. The van der Waals surface area contributed by atoms with Crippen molar-refractivity contribution in [3.05, 3.63) is 69.5 Å². The van der Waals surface area contributed by atoms with E-state index in [1.807, 2.05) is 0 Å². The van der Waals surface area contributed by atoms with E-state index in [1.165, 1.54) is 11.8 Å². The third-order valence-corrected chi connectivity index (χ3v) is 9.44. The second kappa shape index (κ2) is 10.4. The van der Waals surface area contributed by atoms with Crippen LogP contribution < -0.4 is 26.8 Å². The molecule has 3 aliphatic carbocycles. The molecule has 0 bridgehead atoms. The lowest BCUT2D eigenvalue weighted by Gasteiger charge is -2.60. The number of aliphatic hydroxyl groups excluding tert-OH is 2. The van der Waals surface area contributed by atoms with E-state index in [0.29, 0.717) is 22.6 Å². The lowest BCUT2D eigenvalue weighted by Crippen LogP contribution is -2.79.